The molecule has 0 bridgehead atoms. The predicted octanol–water partition coefficient (Wildman–Crippen LogP) is 1.79. The first-order valence-electron chi connectivity index (χ1n) is 7.49. The van der Waals surface area contributed by atoms with Gasteiger partial charge in [-0.15, -0.1) is 0 Å². The minimum Gasteiger partial charge on any atom is -0.357 e. The summed E-state index contributed by atoms with van der Waals surface area (Å²) in [6.07, 6.45) is 0.00930. The van der Waals surface area contributed by atoms with Crippen LogP contribution in [0.1, 0.15) is 12.8 Å². The molecule has 1 amide bonds. The average molecular weight is 342 g/mol. The molecule has 10 heteroatoms. The highest BCUT2D eigenvalue weighted by Crippen LogP contribution is 2.22. The maximum Gasteiger partial charge on any atom is 0.408 e. The Morgan fingerprint density at radius 1 is 1.29 bits per heavy atom. The van der Waals surface area contributed by atoms with E-state index in [1.807, 2.05) is 0 Å². The van der Waals surface area contributed by atoms with Crippen LogP contribution in [0.5, 0.6) is 0 Å². The van der Waals surface area contributed by atoms with Gasteiger partial charge in [0, 0.05) is 38.1 Å². The van der Waals surface area contributed by atoms with Crippen molar-refractivity contribution < 1.29 is 18.0 Å². The van der Waals surface area contributed by atoms with Crippen LogP contribution in [0.3, 0.4) is 0 Å². The van der Waals surface area contributed by atoms with Crippen molar-refractivity contribution in [3.63, 3.8) is 0 Å². The van der Waals surface area contributed by atoms with E-state index in [0.29, 0.717) is 18.8 Å². The van der Waals surface area contributed by atoms with Crippen molar-refractivity contribution in [1.29, 1.82) is 0 Å². The summed E-state index contributed by atoms with van der Waals surface area (Å²) < 4.78 is 39.5. The topological polar surface area (TPSA) is 68.0 Å². The molecule has 0 spiro atoms. The number of aryl methyl sites for hydroxylation is 1. The molecule has 130 valence electrons. The summed E-state index contributed by atoms with van der Waals surface area (Å²) in [5.74, 6) is 0.655. The molecule has 0 radical (unpaired) electrons. The van der Waals surface area contributed by atoms with Crippen LogP contribution in [0.4, 0.5) is 24.8 Å². The SMILES string of the molecule is Cn1ccc(N2CCCC(Nc3ccn(CC(F)(F)F)n3)C2=O)n1. The number of piperidine rings is 1. The maximum atomic E-state index is 12.6. The second-order valence-electron chi connectivity index (χ2n) is 5.69. The summed E-state index contributed by atoms with van der Waals surface area (Å²) in [5, 5.41) is 11.0. The fourth-order valence-electron chi connectivity index (χ4n) is 2.67. The Morgan fingerprint density at radius 2 is 2.08 bits per heavy atom. The second-order valence-corrected chi connectivity index (χ2v) is 5.69. The average Bonchev–Trinajstić information content (AvgIpc) is 3.09. The number of carbonyl (C=O) groups is 1. The van der Waals surface area contributed by atoms with Crippen LogP contribution in [0.25, 0.3) is 0 Å². The van der Waals surface area contributed by atoms with Crippen LogP contribution < -0.4 is 10.2 Å². The molecular formula is C14H17F3N6O. The van der Waals surface area contributed by atoms with E-state index in [1.54, 1.807) is 28.9 Å². The molecule has 2 aromatic rings. The first-order chi connectivity index (χ1) is 11.3. The largest absolute Gasteiger partial charge is 0.408 e. The normalized spacial score (nSPS) is 18.9. The summed E-state index contributed by atoms with van der Waals surface area (Å²) in [6, 6.07) is 2.65. The van der Waals surface area contributed by atoms with E-state index in [1.165, 1.54) is 12.3 Å². The smallest absolute Gasteiger partial charge is 0.357 e. The zero-order chi connectivity index (χ0) is 17.3. The van der Waals surface area contributed by atoms with Gasteiger partial charge in [-0.1, -0.05) is 0 Å². The van der Waals surface area contributed by atoms with Crippen molar-refractivity contribution in [2.75, 3.05) is 16.8 Å². The summed E-state index contributed by atoms with van der Waals surface area (Å²) in [7, 11) is 1.76. The van der Waals surface area contributed by atoms with Gasteiger partial charge < -0.3 is 5.32 Å². The molecule has 7 nitrogen and oxygen atoms in total. The van der Waals surface area contributed by atoms with Crippen molar-refractivity contribution in [3.05, 3.63) is 24.5 Å². The fourth-order valence-corrected chi connectivity index (χ4v) is 2.67. The highest BCUT2D eigenvalue weighted by atomic mass is 19.4. The monoisotopic (exact) mass is 342 g/mol. The summed E-state index contributed by atoms with van der Waals surface area (Å²) in [4.78, 5) is 14.2. The number of nitrogens with zero attached hydrogens (tertiary/aromatic N) is 5. The van der Waals surface area contributed by atoms with Gasteiger partial charge in [-0.05, 0) is 12.8 Å². The molecule has 0 aromatic carbocycles. The first-order valence-corrected chi connectivity index (χ1v) is 7.49. The Labute approximate surface area is 136 Å². The first kappa shape index (κ1) is 16.3. The number of hydrogen-bond donors (Lipinski definition) is 1. The molecule has 1 atom stereocenters. The van der Waals surface area contributed by atoms with Crippen LogP contribution in [0, 0.1) is 0 Å². The standard InChI is InChI=1S/C14H17F3N6O/c1-21-7-5-12(20-21)23-6-2-3-10(13(23)24)18-11-4-8-22(19-11)9-14(15,16)17/h4-5,7-8,10H,2-3,6,9H2,1H3,(H,18,19). The molecular weight excluding hydrogens is 325 g/mol. The number of alkyl halides is 3. The number of carbonyl (C=O) groups excluding carboxylic acids is 1. The van der Waals surface area contributed by atoms with E-state index in [2.05, 4.69) is 15.5 Å². The van der Waals surface area contributed by atoms with E-state index in [-0.39, 0.29) is 11.7 Å². The van der Waals surface area contributed by atoms with E-state index in [4.69, 9.17) is 0 Å². The van der Waals surface area contributed by atoms with E-state index in [9.17, 15) is 18.0 Å². The Balaban J connectivity index is 1.67. The summed E-state index contributed by atoms with van der Waals surface area (Å²) in [5.41, 5.74) is 0. The van der Waals surface area contributed by atoms with Gasteiger partial charge in [0.05, 0.1) is 0 Å². The number of halogens is 3. The second kappa shape index (κ2) is 6.17. The van der Waals surface area contributed by atoms with Crippen molar-refractivity contribution in [1.82, 2.24) is 19.6 Å². The van der Waals surface area contributed by atoms with Gasteiger partial charge in [0.25, 0.3) is 5.91 Å². The number of nitrogens with one attached hydrogen (secondary N) is 1. The Bertz CT molecular complexity index is 722. The maximum absolute atomic E-state index is 12.6. The number of hydrogen-bond acceptors (Lipinski definition) is 4. The van der Waals surface area contributed by atoms with Gasteiger partial charge in [-0.25, -0.2) is 0 Å². The number of amides is 1. The van der Waals surface area contributed by atoms with E-state index < -0.39 is 18.8 Å². The molecule has 1 N–H and O–H groups in total. The predicted molar refractivity (Wildman–Crippen MR) is 80.5 cm³/mol. The molecule has 1 aliphatic heterocycles. The molecule has 1 saturated heterocycles. The minimum absolute atomic E-state index is 0.162. The molecule has 1 unspecified atom stereocenters. The van der Waals surface area contributed by atoms with Crippen molar-refractivity contribution in [3.8, 4) is 0 Å². The third-order valence-corrected chi connectivity index (χ3v) is 3.72. The Kier molecular flexibility index (Phi) is 4.20. The molecule has 3 heterocycles. The molecule has 0 aliphatic carbocycles. The number of aromatic nitrogens is 4. The Hall–Kier alpha value is -2.52. The molecule has 24 heavy (non-hydrogen) atoms. The highest BCUT2D eigenvalue weighted by Gasteiger charge is 2.32. The number of anilines is 2. The van der Waals surface area contributed by atoms with E-state index in [0.717, 1.165) is 11.1 Å². The van der Waals surface area contributed by atoms with Gasteiger partial charge in [0.2, 0.25) is 0 Å². The molecule has 3 rings (SSSR count). The lowest BCUT2D eigenvalue weighted by Gasteiger charge is -2.31. The lowest BCUT2D eigenvalue weighted by atomic mass is 10.0. The molecule has 1 fully saturated rings. The molecule has 2 aromatic heterocycles. The van der Waals surface area contributed by atoms with Crippen molar-refractivity contribution in [2.45, 2.75) is 31.6 Å². The van der Waals surface area contributed by atoms with Gasteiger partial charge in [0.1, 0.15) is 18.4 Å². The third-order valence-electron chi connectivity index (χ3n) is 3.72. The van der Waals surface area contributed by atoms with Gasteiger partial charge >= 0.3 is 6.18 Å². The summed E-state index contributed by atoms with van der Waals surface area (Å²) >= 11 is 0. The van der Waals surface area contributed by atoms with Crippen LogP contribution in [0.15, 0.2) is 24.5 Å². The highest BCUT2D eigenvalue weighted by molar-refractivity contribution is 5.98. The van der Waals surface area contributed by atoms with E-state index >= 15 is 0 Å². The van der Waals surface area contributed by atoms with Gasteiger partial charge in [0.15, 0.2) is 5.82 Å². The Morgan fingerprint density at radius 3 is 2.75 bits per heavy atom. The van der Waals surface area contributed by atoms with Gasteiger partial charge in [-0.2, -0.15) is 23.4 Å². The van der Waals surface area contributed by atoms with Crippen LogP contribution >= 0.6 is 0 Å². The van der Waals surface area contributed by atoms with Crippen LogP contribution in [-0.4, -0.2) is 44.2 Å². The van der Waals surface area contributed by atoms with Crippen molar-refractivity contribution >= 4 is 17.5 Å². The summed E-state index contributed by atoms with van der Waals surface area (Å²) in [6.45, 7) is -0.593. The quantitative estimate of drug-likeness (QED) is 0.920. The fraction of sp³-hybridized carbons (Fsp3) is 0.500. The third kappa shape index (κ3) is 3.69. The minimum atomic E-state index is -4.33. The lowest BCUT2D eigenvalue weighted by Crippen LogP contribution is -2.48. The molecule has 1 aliphatic rings. The van der Waals surface area contributed by atoms with Crippen LogP contribution in [0.2, 0.25) is 0 Å². The number of rotatable bonds is 4. The zero-order valence-electron chi connectivity index (χ0n) is 13.0. The van der Waals surface area contributed by atoms with Gasteiger partial charge in [-0.3, -0.25) is 19.1 Å². The molecule has 0 saturated carbocycles. The van der Waals surface area contributed by atoms with Crippen molar-refractivity contribution in [2.24, 2.45) is 7.05 Å². The lowest BCUT2D eigenvalue weighted by molar-refractivity contribution is -0.142. The van der Waals surface area contributed by atoms with Crippen LogP contribution in [-0.2, 0) is 18.4 Å². The zero-order valence-corrected chi connectivity index (χ0v) is 13.0.